The van der Waals surface area contributed by atoms with E-state index in [2.05, 4.69) is 12.1 Å². The van der Waals surface area contributed by atoms with Crippen molar-refractivity contribution in [1.82, 2.24) is 0 Å². The van der Waals surface area contributed by atoms with E-state index in [1.54, 1.807) is 12.1 Å². The molecule has 0 amide bonds. The van der Waals surface area contributed by atoms with Crippen molar-refractivity contribution in [2.75, 3.05) is 7.11 Å². The maximum absolute atomic E-state index is 12.9. The van der Waals surface area contributed by atoms with Crippen LogP contribution in [-0.2, 0) is 24.0 Å². The number of hydrogen-bond donors (Lipinski definition) is 0. The third-order valence-corrected chi connectivity index (χ3v) is 4.96. The van der Waals surface area contributed by atoms with Crippen LogP contribution in [0, 0.1) is 0 Å². The Morgan fingerprint density at radius 1 is 1.08 bits per heavy atom. The van der Waals surface area contributed by atoms with Gasteiger partial charge in [-0.25, -0.2) is 4.79 Å². The van der Waals surface area contributed by atoms with E-state index >= 15 is 0 Å². The van der Waals surface area contributed by atoms with Crippen LogP contribution in [0.5, 0.6) is 0 Å². The molecule has 2 aromatic carbocycles. The normalized spacial score (nSPS) is 17.0. The molecule has 3 nitrogen and oxygen atoms in total. The molecule has 0 aliphatic heterocycles. The molecule has 0 heterocycles. The second kappa shape index (κ2) is 5.75. The van der Waals surface area contributed by atoms with Crippen molar-refractivity contribution in [3.8, 4) is 0 Å². The van der Waals surface area contributed by atoms with E-state index in [1.807, 2.05) is 18.2 Å². The average Bonchev–Trinajstić information content (AvgIpc) is 3.19. The summed E-state index contributed by atoms with van der Waals surface area (Å²) in [5.41, 5.74) is 6.55. The van der Waals surface area contributed by atoms with Gasteiger partial charge in [0.2, 0.25) is 0 Å². The lowest BCUT2D eigenvalue weighted by Gasteiger charge is -2.05. The van der Waals surface area contributed by atoms with Gasteiger partial charge in [0.05, 0.1) is 12.7 Å². The minimum Gasteiger partial charge on any atom is -0.465 e. The number of hydrogen-bond acceptors (Lipinski definition) is 3. The van der Waals surface area contributed by atoms with Gasteiger partial charge < -0.3 is 4.74 Å². The highest BCUT2D eigenvalue weighted by Crippen LogP contribution is 2.36. The molecule has 0 N–H and O–H groups in total. The maximum atomic E-state index is 12.9. The van der Waals surface area contributed by atoms with Crippen LogP contribution in [0.15, 0.2) is 42.0 Å². The van der Waals surface area contributed by atoms with E-state index in [4.69, 9.17) is 4.74 Å². The van der Waals surface area contributed by atoms with Crippen LogP contribution in [0.3, 0.4) is 0 Å². The smallest absolute Gasteiger partial charge is 0.338 e. The lowest BCUT2D eigenvalue weighted by Crippen LogP contribution is -2.04. The molecule has 0 saturated heterocycles. The van der Waals surface area contributed by atoms with Gasteiger partial charge in [-0.05, 0) is 53.7 Å². The fourth-order valence-electron chi connectivity index (χ4n) is 3.81. The van der Waals surface area contributed by atoms with Gasteiger partial charge in [0.15, 0.2) is 5.78 Å². The fraction of sp³-hybridized carbons (Fsp3) is 0.238. The van der Waals surface area contributed by atoms with Crippen LogP contribution >= 0.6 is 0 Å². The summed E-state index contributed by atoms with van der Waals surface area (Å²) < 4.78 is 4.84. The van der Waals surface area contributed by atoms with E-state index in [0.717, 1.165) is 41.5 Å². The standard InChI is InChI=1S/C21H18O3/c1-24-21(23)18-7-3-2-5-14(18)11-16-12-15-10-9-13-6-4-8-17(13)19(15)20(16)22/h2-3,5,7,9-11H,4,6,8,12H2,1H3/b16-11-. The van der Waals surface area contributed by atoms with Gasteiger partial charge in [-0.15, -0.1) is 0 Å². The topological polar surface area (TPSA) is 43.4 Å². The van der Waals surface area contributed by atoms with Crippen LogP contribution in [0.2, 0.25) is 0 Å². The number of carbonyl (C=O) groups excluding carboxylic acids is 2. The van der Waals surface area contributed by atoms with Crippen LogP contribution in [0.25, 0.3) is 6.08 Å². The minimum atomic E-state index is -0.383. The predicted octanol–water partition coefficient (Wildman–Crippen LogP) is 3.78. The first-order valence-electron chi connectivity index (χ1n) is 8.25. The van der Waals surface area contributed by atoms with Crippen molar-refractivity contribution in [2.24, 2.45) is 0 Å². The van der Waals surface area contributed by atoms with Crippen molar-refractivity contribution >= 4 is 17.8 Å². The molecule has 0 bridgehead atoms. The number of ether oxygens (including phenoxy) is 1. The number of fused-ring (bicyclic) bond motifs is 3. The molecule has 24 heavy (non-hydrogen) atoms. The molecular formula is C21H18O3. The van der Waals surface area contributed by atoms with E-state index in [0.29, 0.717) is 12.0 Å². The molecule has 120 valence electrons. The largest absolute Gasteiger partial charge is 0.465 e. The van der Waals surface area contributed by atoms with Gasteiger partial charge in [0, 0.05) is 17.6 Å². The number of carbonyl (C=O) groups is 2. The van der Waals surface area contributed by atoms with Crippen molar-refractivity contribution in [2.45, 2.75) is 25.7 Å². The molecule has 0 saturated carbocycles. The fourth-order valence-corrected chi connectivity index (χ4v) is 3.81. The van der Waals surface area contributed by atoms with Gasteiger partial charge in [-0.1, -0.05) is 30.3 Å². The van der Waals surface area contributed by atoms with Crippen molar-refractivity contribution in [3.63, 3.8) is 0 Å². The number of esters is 1. The Morgan fingerprint density at radius 2 is 1.88 bits per heavy atom. The summed E-state index contributed by atoms with van der Waals surface area (Å²) in [5.74, 6) is -0.269. The van der Waals surface area contributed by atoms with Crippen molar-refractivity contribution in [3.05, 3.63) is 75.4 Å². The van der Waals surface area contributed by atoms with Crippen LogP contribution in [0.1, 0.15) is 49.4 Å². The summed E-state index contributed by atoms with van der Waals surface area (Å²) in [5, 5.41) is 0. The van der Waals surface area contributed by atoms with Gasteiger partial charge in [-0.2, -0.15) is 0 Å². The Hall–Kier alpha value is -2.68. The number of Topliss-reactive ketones (excluding diaryl/α,β-unsaturated/α-hetero) is 1. The second-order valence-electron chi connectivity index (χ2n) is 6.35. The van der Waals surface area contributed by atoms with Crippen LogP contribution in [-0.4, -0.2) is 18.9 Å². The average molecular weight is 318 g/mol. The zero-order valence-electron chi connectivity index (χ0n) is 13.6. The summed E-state index contributed by atoms with van der Waals surface area (Å²) in [6, 6.07) is 11.5. The molecule has 0 fully saturated rings. The van der Waals surface area contributed by atoms with Gasteiger partial charge >= 0.3 is 5.97 Å². The molecule has 0 unspecified atom stereocenters. The first-order valence-corrected chi connectivity index (χ1v) is 8.25. The van der Waals surface area contributed by atoms with Gasteiger partial charge in [0.1, 0.15) is 0 Å². The number of benzene rings is 2. The van der Waals surface area contributed by atoms with Gasteiger partial charge in [-0.3, -0.25) is 4.79 Å². The molecule has 2 aliphatic rings. The lowest BCUT2D eigenvalue weighted by molar-refractivity contribution is 0.0600. The predicted molar refractivity (Wildman–Crippen MR) is 92.3 cm³/mol. The molecule has 0 aromatic heterocycles. The SMILES string of the molecule is COC(=O)c1ccccc1/C=C1/Cc2ccc3c(c2C1=O)CCC3. The zero-order chi connectivity index (χ0) is 16.7. The van der Waals surface area contributed by atoms with E-state index in [-0.39, 0.29) is 11.8 Å². The van der Waals surface area contributed by atoms with E-state index in [9.17, 15) is 9.59 Å². The summed E-state index contributed by atoms with van der Waals surface area (Å²) in [7, 11) is 1.37. The molecule has 3 heteroatoms. The lowest BCUT2D eigenvalue weighted by atomic mass is 9.99. The highest BCUT2D eigenvalue weighted by Gasteiger charge is 2.30. The Bertz CT molecular complexity index is 890. The number of aryl methyl sites for hydroxylation is 1. The number of methoxy groups -OCH3 is 1. The molecule has 0 atom stereocenters. The molecular weight excluding hydrogens is 300 g/mol. The molecule has 2 aromatic rings. The Morgan fingerprint density at radius 3 is 2.71 bits per heavy atom. The highest BCUT2D eigenvalue weighted by molar-refractivity contribution is 6.17. The number of rotatable bonds is 2. The van der Waals surface area contributed by atoms with Crippen LogP contribution in [0.4, 0.5) is 0 Å². The molecule has 2 aliphatic carbocycles. The number of allylic oxidation sites excluding steroid dienone is 1. The third-order valence-electron chi connectivity index (χ3n) is 4.96. The zero-order valence-corrected chi connectivity index (χ0v) is 13.6. The monoisotopic (exact) mass is 318 g/mol. The molecule has 0 spiro atoms. The van der Waals surface area contributed by atoms with Crippen molar-refractivity contribution < 1.29 is 14.3 Å². The second-order valence-corrected chi connectivity index (χ2v) is 6.35. The maximum Gasteiger partial charge on any atom is 0.338 e. The van der Waals surface area contributed by atoms with E-state index in [1.165, 1.54) is 18.2 Å². The first-order chi connectivity index (χ1) is 11.7. The Balaban J connectivity index is 1.77. The van der Waals surface area contributed by atoms with Gasteiger partial charge in [0.25, 0.3) is 0 Å². The van der Waals surface area contributed by atoms with E-state index < -0.39 is 0 Å². The summed E-state index contributed by atoms with van der Waals surface area (Å²) >= 11 is 0. The Kier molecular flexibility index (Phi) is 3.57. The first kappa shape index (κ1) is 14.9. The summed E-state index contributed by atoms with van der Waals surface area (Å²) in [6.45, 7) is 0. The van der Waals surface area contributed by atoms with Crippen LogP contribution < -0.4 is 0 Å². The quantitative estimate of drug-likeness (QED) is 0.625. The minimum absolute atomic E-state index is 0.114. The Labute approximate surface area is 141 Å². The molecule has 0 radical (unpaired) electrons. The molecule has 4 rings (SSSR count). The summed E-state index contributed by atoms with van der Waals surface area (Å²) in [4.78, 5) is 24.9. The third kappa shape index (κ3) is 2.28. The summed E-state index contributed by atoms with van der Waals surface area (Å²) in [6.07, 6.45) is 5.67. The highest BCUT2D eigenvalue weighted by atomic mass is 16.5. The number of ketones is 1. The van der Waals surface area contributed by atoms with Crippen molar-refractivity contribution in [1.29, 1.82) is 0 Å².